The first-order chi connectivity index (χ1) is 15.2. The highest BCUT2D eigenvalue weighted by Crippen LogP contribution is 2.35. The number of carboxylic acid groups (broad SMARTS) is 1. The minimum atomic E-state index is -2.98. The van der Waals surface area contributed by atoms with Crippen LogP contribution in [0.3, 0.4) is 0 Å². The van der Waals surface area contributed by atoms with Crippen LogP contribution >= 0.6 is 22.9 Å². The Morgan fingerprint density at radius 2 is 1.94 bits per heavy atom. The Hall–Kier alpha value is -3.04. The summed E-state index contributed by atoms with van der Waals surface area (Å²) in [4.78, 5) is 30.1. The number of aliphatic carboxylic acids is 1. The first-order valence-corrected chi connectivity index (χ1v) is 10.7. The molecular weight excluding hydrogens is 462 g/mol. The number of thiazole rings is 1. The first kappa shape index (κ1) is 23.6. The fraction of sp³-hybridized carbons (Fsp3) is 0.227. The highest BCUT2D eigenvalue weighted by atomic mass is 35.5. The Kier molecular flexibility index (Phi) is 7.76. The molecule has 0 spiro atoms. The Balaban J connectivity index is 1.82. The van der Waals surface area contributed by atoms with E-state index >= 15 is 0 Å². The molecule has 0 aliphatic heterocycles. The molecular formula is C22H19ClF2N2O4S. The van der Waals surface area contributed by atoms with E-state index in [4.69, 9.17) is 11.6 Å². The van der Waals surface area contributed by atoms with Gasteiger partial charge < -0.3 is 9.84 Å². The van der Waals surface area contributed by atoms with Gasteiger partial charge in [-0.2, -0.15) is 8.78 Å². The summed E-state index contributed by atoms with van der Waals surface area (Å²) in [7, 11) is 1.52. The van der Waals surface area contributed by atoms with Crippen LogP contribution in [0.15, 0.2) is 53.9 Å². The smallest absolute Gasteiger partial charge is 0.387 e. The molecule has 6 nitrogen and oxygen atoms in total. The molecule has 3 aromatic rings. The summed E-state index contributed by atoms with van der Waals surface area (Å²) < 4.78 is 29.5. The molecule has 0 saturated heterocycles. The SMILES string of the molecule is CN(C(=O)[C@@H](CC(=O)O)Cc1ccccc1)c1nc(-c2cc(OC(F)F)ccc2Cl)cs1. The van der Waals surface area contributed by atoms with Gasteiger partial charge in [0.25, 0.3) is 0 Å². The molecule has 10 heteroatoms. The normalized spacial score (nSPS) is 11.9. The van der Waals surface area contributed by atoms with Crippen LogP contribution in [-0.2, 0) is 16.0 Å². The summed E-state index contributed by atoms with van der Waals surface area (Å²) in [6.07, 6.45) is -0.0530. The van der Waals surface area contributed by atoms with Gasteiger partial charge in [-0.3, -0.25) is 14.5 Å². The molecule has 1 heterocycles. The van der Waals surface area contributed by atoms with Gasteiger partial charge in [0.05, 0.1) is 23.1 Å². The van der Waals surface area contributed by atoms with E-state index in [1.807, 2.05) is 30.3 Å². The van der Waals surface area contributed by atoms with Crippen molar-refractivity contribution in [3.05, 3.63) is 64.5 Å². The highest BCUT2D eigenvalue weighted by molar-refractivity contribution is 7.14. The van der Waals surface area contributed by atoms with Gasteiger partial charge >= 0.3 is 12.6 Å². The Morgan fingerprint density at radius 1 is 1.22 bits per heavy atom. The van der Waals surface area contributed by atoms with Gasteiger partial charge in [-0.05, 0) is 30.2 Å². The monoisotopic (exact) mass is 480 g/mol. The molecule has 0 bridgehead atoms. The van der Waals surface area contributed by atoms with Crippen LogP contribution in [0.5, 0.6) is 5.75 Å². The quantitative estimate of drug-likeness (QED) is 0.446. The van der Waals surface area contributed by atoms with Gasteiger partial charge in [0.1, 0.15) is 5.75 Å². The molecule has 0 fully saturated rings. The number of alkyl halides is 2. The number of aromatic nitrogens is 1. The maximum Gasteiger partial charge on any atom is 0.387 e. The van der Waals surface area contributed by atoms with Crippen LogP contribution in [0, 0.1) is 5.92 Å². The highest BCUT2D eigenvalue weighted by Gasteiger charge is 2.27. The Labute approximate surface area is 192 Å². The van der Waals surface area contributed by atoms with Crippen molar-refractivity contribution in [3.8, 4) is 17.0 Å². The third-order valence-electron chi connectivity index (χ3n) is 4.64. The summed E-state index contributed by atoms with van der Waals surface area (Å²) >= 11 is 7.34. The van der Waals surface area contributed by atoms with E-state index in [0.29, 0.717) is 16.4 Å². The molecule has 0 unspecified atom stereocenters. The van der Waals surface area contributed by atoms with Crippen molar-refractivity contribution in [2.45, 2.75) is 19.5 Å². The number of benzene rings is 2. The van der Waals surface area contributed by atoms with Gasteiger partial charge in [0, 0.05) is 18.0 Å². The number of carboxylic acids is 1. The number of halogens is 3. The van der Waals surface area contributed by atoms with Crippen molar-refractivity contribution >= 4 is 39.9 Å². The maximum absolute atomic E-state index is 13.1. The molecule has 0 aliphatic rings. The van der Waals surface area contributed by atoms with Gasteiger partial charge in [-0.15, -0.1) is 11.3 Å². The maximum atomic E-state index is 13.1. The number of rotatable bonds is 9. The molecule has 1 atom stereocenters. The van der Waals surface area contributed by atoms with E-state index < -0.39 is 24.4 Å². The minimum absolute atomic E-state index is 0.0669. The number of nitrogens with zero attached hydrogens (tertiary/aromatic N) is 2. The number of hydrogen-bond donors (Lipinski definition) is 1. The Morgan fingerprint density at radius 3 is 2.59 bits per heavy atom. The molecule has 1 amide bonds. The van der Waals surface area contributed by atoms with Crippen molar-refractivity contribution in [2.24, 2.45) is 5.92 Å². The lowest BCUT2D eigenvalue weighted by Gasteiger charge is -2.21. The van der Waals surface area contributed by atoms with E-state index in [-0.39, 0.29) is 23.6 Å². The van der Waals surface area contributed by atoms with Crippen molar-refractivity contribution in [1.29, 1.82) is 0 Å². The summed E-state index contributed by atoms with van der Waals surface area (Å²) in [6.45, 7) is -2.98. The summed E-state index contributed by atoms with van der Waals surface area (Å²) in [5.41, 5.74) is 1.61. The molecule has 2 aromatic carbocycles. The van der Waals surface area contributed by atoms with Gasteiger partial charge in [-0.1, -0.05) is 41.9 Å². The van der Waals surface area contributed by atoms with Crippen LogP contribution in [0.1, 0.15) is 12.0 Å². The van der Waals surface area contributed by atoms with Crippen molar-refractivity contribution in [2.75, 3.05) is 11.9 Å². The average Bonchev–Trinajstić information content (AvgIpc) is 3.23. The van der Waals surface area contributed by atoms with Crippen LogP contribution in [-0.4, -0.2) is 35.6 Å². The fourth-order valence-electron chi connectivity index (χ4n) is 3.14. The summed E-state index contributed by atoms with van der Waals surface area (Å²) in [5.74, 6) is -2.31. The van der Waals surface area contributed by atoms with Crippen LogP contribution in [0.4, 0.5) is 13.9 Å². The lowest BCUT2D eigenvalue weighted by atomic mass is 9.95. The topological polar surface area (TPSA) is 79.7 Å². The molecule has 0 aliphatic carbocycles. The van der Waals surface area contributed by atoms with Gasteiger partial charge in [0.15, 0.2) is 5.13 Å². The number of ether oxygens (including phenoxy) is 1. The molecule has 32 heavy (non-hydrogen) atoms. The predicted octanol–water partition coefficient (Wildman–Crippen LogP) is 5.36. The zero-order valence-electron chi connectivity index (χ0n) is 16.9. The Bertz CT molecular complexity index is 1090. The van der Waals surface area contributed by atoms with Crippen LogP contribution in [0.25, 0.3) is 11.3 Å². The third kappa shape index (κ3) is 6.02. The van der Waals surface area contributed by atoms with E-state index in [1.165, 1.54) is 30.1 Å². The number of hydrogen-bond acceptors (Lipinski definition) is 5. The van der Waals surface area contributed by atoms with E-state index in [1.54, 1.807) is 5.38 Å². The summed E-state index contributed by atoms with van der Waals surface area (Å²) in [5, 5.41) is 11.5. The minimum Gasteiger partial charge on any atom is -0.481 e. The molecule has 3 rings (SSSR count). The summed E-state index contributed by atoms with van der Waals surface area (Å²) in [6, 6.07) is 13.2. The average molecular weight is 481 g/mol. The van der Waals surface area contributed by atoms with Gasteiger partial charge in [0.2, 0.25) is 5.91 Å². The lowest BCUT2D eigenvalue weighted by Crippen LogP contribution is -2.35. The van der Waals surface area contributed by atoms with Crippen LogP contribution in [0.2, 0.25) is 5.02 Å². The standard InChI is InChI=1S/C22H19ClF2N2O4S/c1-27(20(30)14(10-19(28)29)9-13-5-3-2-4-6-13)22-26-18(12-32-22)16-11-15(31-21(24)25)7-8-17(16)23/h2-8,11-12,14,21H,9-10H2,1H3,(H,28,29)/t14-/m1/s1. The van der Waals surface area contributed by atoms with Crippen LogP contribution < -0.4 is 9.64 Å². The molecule has 1 N–H and O–H groups in total. The second-order valence-electron chi connectivity index (χ2n) is 6.92. The number of carbonyl (C=O) groups excluding carboxylic acids is 1. The third-order valence-corrected chi connectivity index (χ3v) is 5.89. The molecule has 168 valence electrons. The van der Waals surface area contributed by atoms with Crippen molar-refractivity contribution < 1.29 is 28.2 Å². The van der Waals surface area contributed by atoms with Crippen molar-refractivity contribution in [1.82, 2.24) is 4.98 Å². The molecule has 1 aromatic heterocycles. The zero-order valence-corrected chi connectivity index (χ0v) is 18.4. The van der Waals surface area contributed by atoms with Crippen molar-refractivity contribution in [3.63, 3.8) is 0 Å². The largest absolute Gasteiger partial charge is 0.481 e. The number of amides is 1. The van der Waals surface area contributed by atoms with E-state index in [9.17, 15) is 23.5 Å². The number of anilines is 1. The van der Waals surface area contributed by atoms with E-state index in [0.717, 1.165) is 16.9 Å². The molecule has 0 radical (unpaired) electrons. The van der Waals surface area contributed by atoms with E-state index in [2.05, 4.69) is 9.72 Å². The predicted molar refractivity (Wildman–Crippen MR) is 118 cm³/mol. The lowest BCUT2D eigenvalue weighted by molar-refractivity contribution is -0.140. The van der Waals surface area contributed by atoms with Gasteiger partial charge in [-0.25, -0.2) is 4.98 Å². The molecule has 0 saturated carbocycles. The second kappa shape index (κ2) is 10.5. The number of carbonyl (C=O) groups is 2. The zero-order chi connectivity index (χ0) is 23.3. The first-order valence-electron chi connectivity index (χ1n) is 9.48. The second-order valence-corrected chi connectivity index (χ2v) is 8.16. The fourth-order valence-corrected chi connectivity index (χ4v) is 4.15.